The Kier molecular flexibility index (Phi) is 3.15. The molecule has 1 heterocycles. The van der Waals surface area contributed by atoms with Crippen molar-refractivity contribution in [1.29, 1.82) is 0 Å². The molecule has 106 valence electrons. The van der Waals surface area contributed by atoms with Crippen LogP contribution in [0.2, 0.25) is 0 Å². The Morgan fingerprint density at radius 1 is 1.42 bits per heavy atom. The van der Waals surface area contributed by atoms with E-state index in [1.807, 2.05) is 0 Å². The minimum Gasteiger partial charge on any atom is -0.390 e. The number of hydrogen-bond acceptors (Lipinski definition) is 4. The van der Waals surface area contributed by atoms with Crippen LogP contribution < -0.4 is 4.72 Å². The van der Waals surface area contributed by atoms with Crippen molar-refractivity contribution in [3.8, 4) is 0 Å². The third kappa shape index (κ3) is 2.19. The van der Waals surface area contributed by atoms with Crippen LogP contribution in [-0.4, -0.2) is 29.8 Å². The maximum Gasteiger partial charge on any atom is 0.244 e. The first kappa shape index (κ1) is 13.1. The summed E-state index contributed by atoms with van der Waals surface area (Å²) < 4.78 is 27.7. The molecule has 3 N–H and O–H groups in total. The molecule has 0 aliphatic heterocycles. The zero-order valence-electron chi connectivity index (χ0n) is 10.9. The van der Waals surface area contributed by atoms with Crippen molar-refractivity contribution in [2.24, 2.45) is 11.8 Å². The van der Waals surface area contributed by atoms with Gasteiger partial charge in [0.05, 0.1) is 12.3 Å². The molecule has 0 saturated heterocycles. The van der Waals surface area contributed by atoms with Crippen LogP contribution in [0.25, 0.3) is 0 Å². The Hall–Kier alpha value is -0.920. The minimum absolute atomic E-state index is 0.0459. The highest BCUT2D eigenvalue weighted by atomic mass is 32.2. The molecular weight excluding hydrogens is 266 g/mol. The van der Waals surface area contributed by atoms with Crippen molar-refractivity contribution >= 4 is 10.0 Å². The lowest BCUT2D eigenvalue weighted by molar-refractivity contribution is 0.273. The van der Waals surface area contributed by atoms with E-state index < -0.39 is 10.0 Å². The molecule has 2 saturated carbocycles. The standard InChI is InChI=1S/C12H19N3O3S/c1-7-12(11(6-16)14-13-7)19(17,18)15-10-5-8-2-3-9(10)4-8/h8-10,15-16H,2-6H2,1H3,(H,13,14). The Balaban J connectivity index is 1.85. The third-order valence-corrected chi connectivity index (χ3v) is 6.12. The summed E-state index contributed by atoms with van der Waals surface area (Å²) in [6.45, 7) is 1.28. The monoisotopic (exact) mass is 285 g/mol. The van der Waals surface area contributed by atoms with Crippen LogP contribution in [0.3, 0.4) is 0 Å². The Bertz CT molecular complexity index is 581. The van der Waals surface area contributed by atoms with Crippen LogP contribution in [0, 0.1) is 18.8 Å². The summed E-state index contributed by atoms with van der Waals surface area (Å²) >= 11 is 0. The number of nitrogens with one attached hydrogen (secondary N) is 2. The van der Waals surface area contributed by atoms with Gasteiger partial charge in [0.25, 0.3) is 0 Å². The highest BCUT2D eigenvalue weighted by Crippen LogP contribution is 2.44. The zero-order valence-corrected chi connectivity index (χ0v) is 11.7. The van der Waals surface area contributed by atoms with Crippen molar-refractivity contribution in [3.05, 3.63) is 11.4 Å². The number of fused-ring (bicyclic) bond motifs is 2. The van der Waals surface area contributed by atoms with Crippen LogP contribution >= 0.6 is 0 Å². The van der Waals surface area contributed by atoms with Crippen molar-refractivity contribution in [3.63, 3.8) is 0 Å². The van der Waals surface area contributed by atoms with Gasteiger partial charge in [-0.1, -0.05) is 6.42 Å². The van der Waals surface area contributed by atoms with Crippen LogP contribution in [0.4, 0.5) is 0 Å². The van der Waals surface area contributed by atoms with Gasteiger partial charge in [0, 0.05) is 6.04 Å². The summed E-state index contributed by atoms with van der Waals surface area (Å²) in [5, 5.41) is 15.6. The molecule has 0 aromatic carbocycles. The van der Waals surface area contributed by atoms with Gasteiger partial charge < -0.3 is 5.11 Å². The molecule has 19 heavy (non-hydrogen) atoms. The number of aliphatic hydroxyl groups is 1. The van der Waals surface area contributed by atoms with Crippen molar-refractivity contribution in [1.82, 2.24) is 14.9 Å². The molecule has 1 aromatic heterocycles. The maximum absolute atomic E-state index is 12.4. The first-order valence-electron chi connectivity index (χ1n) is 6.68. The fourth-order valence-electron chi connectivity index (χ4n) is 3.58. The second-order valence-corrected chi connectivity index (χ2v) is 7.34. The van der Waals surface area contributed by atoms with E-state index in [0.29, 0.717) is 17.5 Å². The Morgan fingerprint density at radius 2 is 2.21 bits per heavy atom. The molecular formula is C12H19N3O3S. The average Bonchev–Trinajstić information content (AvgIpc) is 3.02. The lowest BCUT2D eigenvalue weighted by atomic mass is 9.96. The van der Waals surface area contributed by atoms with Crippen molar-refractivity contribution < 1.29 is 13.5 Å². The number of sulfonamides is 1. The molecule has 0 spiro atoms. The van der Waals surface area contributed by atoms with E-state index in [9.17, 15) is 13.5 Å². The quantitative estimate of drug-likeness (QED) is 0.758. The molecule has 2 aliphatic rings. The molecule has 2 fully saturated rings. The highest BCUT2D eigenvalue weighted by molar-refractivity contribution is 7.89. The summed E-state index contributed by atoms with van der Waals surface area (Å²) in [5.74, 6) is 1.16. The highest BCUT2D eigenvalue weighted by Gasteiger charge is 2.42. The fourth-order valence-corrected chi connectivity index (χ4v) is 5.25. The predicted molar refractivity (Wildman–Crippen MR) is 68.8 cm³/mol. The van der Waals surface area contributed by atoms with Gasteiger partial charge in [-0.3, -0.25) is 5.10 Å². The van der Waals surface area contributed by atoms with E-state index in [4.69, 9.17) is 0 Å². The summed E-state index contributed by atoms with van der Waals surface area (Å²) in [6, 6.07) is 0.0459. The van der Waals surface area contributed by atoms with Gasteiger partial charge in [0.15, 0.2) is 0 Å². The van der Waals surface area contributed by atoms with E-state index in [1.54, 1.807) is 6.92 Å². The van der Waals surface area contributed by atoms with E-state index in [2.05, 4.69) is 14.9 Å². The van der Waals surface area contributed by atoms with Crippen LogP contribution in [0.15, 0.2) is 4.90 Å². The molecule has 0 radical (unpaired) electrons. The Morgan fingerprint density at radius 3 is 2.79 bits per heavy atom. The molecule has 3 unspecified atom stereocenters. The van der Waals surface area contributed by atoms with Crippen LogP contribution in [0.5, 0.6) is 0 Å². The number of hydrogen-bond donors (Lipinski definition) is 3. The van der Waals surface area contributed by atoms with Gasteiger partial charge in [0.1, 0.15) is 10.6 Å². The number of aromatic amines is 1. The first-order valence-corrected chi connectivity index (χ1v) is 8.16. The third-order valence-electron chi connectivity index (χ3n) is 4.42. The number of aromatic nitrogens is 2. The van der Waals surface area contributed by atoms with Gasteiger partial charge in [-0.25, -0.2) is 13.1 Å². The first-order chi connectivity index (χ1) is 9.01. The molecule has 7 heteroatoms. The lowest BCUT2D eigenvalue weighted by Gasteiger charge is -2.22. The van der Waals surface area contributed by atoms with Gasteiger partial charge in [-0.2, -0.15) is 5.10 Å². The lowest BCUT2D eigenvalue weighted by Crippen LogP contribution is -2.38. The van der Waals surface area contributed by atoms with Gasteiger partial charge in [-0.15, -0.1) is 0 Å². The average molecular weight is 285 g/mol. The SMILES string of the molecule is Cc1[nH]nc(CO)c1S(=O)(=O)NC1CC2CCC1C2. The van der Waals surface area contributed by atoms with Gasteiger partial charge in [0.2, 0.25) is 10.0 Å². The number of aliphatic hydroxyl groups excluding tert-OH is 1. The summed E-state index contributed by atoms with van der Waals surface area (Å²) in [6.07, 6.45) is 4.43. The number of nitrogens with zero attached hydrogens (tertiary/aromatic N) is 1. The second-order valence-electron chi connectivity index (χ2n) is 5.69. The maximum atomic E-state index is 12.4. The van der Waals surface area contributed by atoms with Gasteiger partial charge in [-0.05, 0) is 38.0 Å². The van der Waals surface area contributed by atoms with E-state index in [1.165, 1.54) is 6.42 Å². The number of aryl methyl sites for hydroxylation is 1. The molecule has 2 aliphatic carbocycles. The molecule has 3 atom stereocenters. The molecule has 6 nitrogen and oxygen atoms in total. The summed E-state index contributed by atoms with van der Waals surface area (Å²) in [4.78, 5) is 0.109. The normalized spacial score (nSPS) is 30.1. The van der Waals surface area contributed by atoms with E-state index in [-0.39, 0.29) is 23.2 Å². The smallest absolute Gasteiger partial charge is 0.244 e. The fraction of sp³-hybridized carbons (Fsp3) is 0.750. The van der Waals surface area contributed by atoms with Crippen molar-refractivity contribution in [2.45, 2.75) is 50.2 Å². The zero-order chi connectivity index (χ0) is 13.6. The van der Waals surface area contributed by atoms with Crippen molar-refractivity contribution in [2.75, 3.05) is 0 Å². The largest absolute Gasteiger partial charge is 0.390 e. The van der Waals surface area contributed by atoms with Crippen LogP contribution in [-0.2, 0) is 16.6 Å². The molecule has 0 amide bonds. The Labute approximate surface area is 112 Å². The summed E-state index contributed by atoms with van der Waals surface area (Å²) in [7, 11) is -3.60. The second kappa shape index (κ2) is 4.57. The van der Waals surface area contributed by atoms with E-state index in [0.717, 1.165) is 19.3 Å². The predicted octanol–water partition coefficient (Wildman–Crippen LogP) is 0.677. The summed E-state index contributed by atoms with van der Waals surface area (Å²) in [5.41, 5.74) is 0.660. The topological polar surface area (TPSA) is 95.1 Å². The molecule has 2 bridgehead atoms. The molecule has 3 rings (SSSR count). The number of H-pyrrole nitrogens is 1. The van der Waals surface area contributed by atoms with E-state index >= 15 is 0 Å². The molecule has 1 aromatic rings. The minimum atomic E-state index is -3.60. The van der Waals surface area contributed by atoms with Gasteiger partial charge >= 0.3 is 0 Å². The number of rotatable bonds is 4. The van der Waals surface area contributed by atoms with Crippen LogP contribution in [0.1, 0.15) is 37.1 Å².